The van der Waals surface area contributed by atoms with E-state index in [0.717, 1.165) is 0 Å². The predicted octanol–water partition coefficient (Wildman–Crippen LogP) is 0.0780. The molecule has 1 heterocycles. The zero-order valence-corrected chi connectivity index (χ0v) is 8.89. The van der Waals surface area contributed by atoms with Gasteiger partial charge in [0, 0.05) is 13.1 Å². The second-order valence-corrected chi connectivity index (χ2v) is 3.78. The maximum Gasteiger partial charge on any atom is 0.410 e. The van der Waals surface area contributed by atoms with Gasteiger partial charge in [0.25, 0.3) is 0 Å². The van der Waals surface area contributed by atoms with Gasteiger partial charge in [0.1, 0.15) is 12.0 Å². The number of amides is 1. The normalized spacial score (nSPS) is 24.2. The summed E-state index contributed by atoms with van der Waals surface area (Å²) in [6, 6.07) is 0. The van der Waals surface area contributed by atoms with Crippen molar-refractivity contribution in [3.63, 3.8) is 0 Å². The molecule has 1 aliphatic rings. The minimum atomic E-state index is -1.24. The number of hydrogen-bond acceptors (Lipinski definition) is 4. The third kappa shape index (κ3) is 2.33. The lowest BCUT2D eigenvalue weighted by Gasteiger charge is -2.21. The molecule has 1 unspecified atom stereocenters. The van der Waals surface area contributed by atoms with Crippen LogP contribution in [0.1, 0.15) is 6.42 Å². The number of hydrogen-bond donors (Lipinski definition) is 2. The molecule has 0 aliphatic carbocycles. The zero-order chi connectivity index (χ0) is 12.2. The minimum absolute atomic E-state index is 0.0190. The van der Waals surface area contributed by atoms with Crippen LogP contribution in [-0.2, 0) is 9.53 Å². The molecule has 1 amide bonds. The zero-order valence-electron chi connectivity index (χ0n) is 8.89. The van der Waals surface area contributed by atoms with Crippen molar-refractivity contribution in [2.24, 2.45) is 5.41 Å². The highest BCUT2D eigenvalue weighted by Gasteiger charge is 2.46. The van der Waals surface area contributed by atoms with Gasteiger partial charge in [0.2, 0.25) is 0 Å². The summed E-state index contributed by atoms with van der Waals surface area (Å²) in [5, 5.41) is 18.1. The van der Waals surface area contributed by atoms with Gasteiger partial charge in [-0.3, -0.25) is 4.79 Å². The lowest BCUT2D eigenvalue weighted by atomic mass is 9.88. The molecule has 6 nitrogen and oxygen atoms in total. The summed E-state index contributed by atoms with van der Waals surface area (Å²) < 4.78 is 4.79. The van der Waals surface area contributed by atoms with Crippen molar-refractivity contribution in [2.75, 3.05) is 26.3 Å². The van der Waals surface area contributed by atoms with Crippen molar-refractivity contribution in [2.45, 2.75) is 6.42 Å². The molecule has 16 heavy (non-hydrogen) atoms. The molecule has 90 valence electrons. The number of carboxylic acids is 1. The summed E-state index contributed by atoms with van der Waals surface area (Å²) in [4.78, 5) is 23.7. The molecule has 0 aromatic carbocycles. The summed E-state index contributed by atoms with van der Waals surface area (Å²) >= 11 is 0. The van der Waals surface area contributed by atoms with Crippen LogP contribution < -0.4 is 0 Å². The fourth-order valence-corrected chi connectivity index (χ4v) is 1.62. The van der Waals surface area contributed by atoms with Gasteiger partial charge in [-0.05, 0) is 6.42 Å². The van der Waals surface area contributed by atoms with Gasteiger partial charge < -0.3 is 19.8 Å². The summed E-state index contributed by atoms with van der Waals surface area (Å²) in [6.07, 6.45) is 1.10. The first-order chi connectivity index (χ1) is 7.55. The van der Waals surface area contributed by atoms with Crippen molar-refractivity contribution < 1.29 is 24.5 Å². The molecule has 0 radical (unpaired) electrons. The molecule has 0 aromatic heterocycles. The maximum absolute atomic E-state index is 11.4. The first kappa shape index (κ1) is 12.5. The lowest BCUT2D eigenvalue weighted by molar-refractivity contribution is -0.150. The van der Waals surface area contributed by atoms with Gasteiger partial charge in [-0.25, -0.2) is 4.79 Å². The van der Waals surface area contributed by atoms with Crippen molar-refractivity contribution >= 4 is 12.1 Å². The van der Waals surface area contributed by atoms with E-state index in [0.29, 0.717) is 0 Å². The Morgan fingerprint density at radius 3 is 2.69 bits per heavy atom. The van der Waals surface area contributed by atoms with E-state index in [1.54, 1.807) is 0 Å². The molecule has 1 aliphatic heterocycles. The number of nitrogens with zero attached hydrogens (tertiary/aromatic N) is 1. The second-order valence-electron chi connectivity index (χ2n) is 3.78. The van der Waals surface area contributed by atoms with Gasteiger partial charge in [0.05, 0.1) is 6.61 Å². The average Bonchev–Trinajstić information content (AvgIpc) is 2.71. The van der Waals surface area contributed by atoms with Crippen LogP contribution in [0.4, 0.5) is 4.79 Å². The largest absolute Gasteiger partial charge is 0.481 e. The Morgan fingerprint density at radius 1 is 1.56 bits per heavy atom. The topological polar surface area (TPSA) is 87.1 Å². The van der Waals surface area contributed by atoms with E-state index in [2.05, 4.69) is 6.58 Å². The lowest BCUT2D eigenvalue weighted by Crippen LogP contribution is -2.39. The van der Waals surface area contributed by atoms with E-state index in [1.807, 2.05) is 0 Å². The smallest absolute Gasteiger partial charge is 0.410 e. The van der Waals surface area contributed by atoms with Gasteiger partial charge >= 0.3 is 12.1 Å². The van der Waals surface area contributed by atoms with Crippen LogP contribution >= 0.6 is 0 Å². The molecule has 1 fully saturated rings. The highest BCUT2D eigenvalue weighted by atomic mass is 16.6. The molecular weight excluding hydrogens is 214 g/mol. The van der Waals surface area contributed by atoms with Gasteiger partial charge in [0.15, 0.2) is 0 Å². The number of ether oxygens (including phenoxy) is 1. The van der Waals surface area contributed by atoms with Crippen molar-refractivity contribution in [3.8, 4) is 0 Å². The Labute approximate surface area is 93.1 Å². The van der Waals surface area contributed by atoms with Crippen LogP contribution in [0.3, 0.4) is 0 Å². The molecule has 0 aromatic rings. The van der Waals surface area contributed by atoms with E-state index in [9.17, 15) is 9.59 Å². The first-order valence-electron chi connectivity index (χ1n) is 4.92. The maximum atomic E-state index is 11.4. The van der Waals surface area contributed by atoms with Crippen LogP contribution in [0.25, 0.3) is 0 Å². The van der Waals surface area contributed by atoms with Gasteiger partial charge in [-0.1, -0.05) is 12.7 Å². The van der Waals surface area contributed by atoms with Crippen molar-refractivity contribution in [3.05, 3.63) is 12.7 Å². The van der Waals surface area contributed by atoms with Gasteiger partial charge in [-0.15, -0.1) is 0 Å². The second kappa shape index (κ2) is 4.98. The number of aliphatic carboxylic acids is 1. The number of likely N-dealkylation sites (tertiary alicyclic amines) is 1. The third-order valence-corrected chi connectivity index (χ3v) is 2.69. The molecule has 6 heteroatoms. The molecule has 1 saturated heterocycles. The molecule has 0 bridgehead atoms. The van der Waals surface area contributed by atoms with E-state index >= 15 is 0 Å². The SMILES string of the molecule is C=CCOC(=O)N1CCC(CO)(C(=O)O)C1. The van der Waals surface area contributed by atoms with Crippen LogP contribution in [0, 0.1) is 5.41 Å². The summed E-state index contributed by atoms with van der Waals surface area (Å²) in [5.41, 5.74) is -1.24. The number of carbonyl (C=O) groups excluding carboxylic acids is 1. The molecular formula is C10H15NO5. The standard InChI is InChI=1S/C10H15NO5/c1-2-5-16-9(15)11-4-3-10(6-11,7-12)8(13)14/h2,12H,1,3-7H2,(H,13,14). The van der Waals surface area contributed by atoms with E-state index in [-0.39, 0.29) is 26.1 Å². The van der Waals surface area contributed by atoms with Crippen molar-refractivity contribution in [1.82, 2.24) is 4.90 Å². The van der Waals surface area contributed by atoms with Crippen LogP contribution in [0.5, 0.6) is 0 Å². The fourth-order valence-electron chi connectivity index (χ4n) is 1.62. The minimum Gasteiger partial charge on any atom is -0.481 e. The average molecular weight is 229 g/mol. The molecule has 1 atom stereocenters. The Kier molecular flexibility index (Phi) is 3.89. The molecule has 0 saturated carbocycles. The van der Waals surface area contributed by atoms with Gasteiger partial charge in [-0.2, -0.15) is 0 Å². The Morgan fingerprint density at radius 2 is 2.25 bits per heavy atom. The number of carbonyl (C=O) groups is 2. The van der Waals surface area contributed by atoms with E-state index in [4.69, 9.17) is 14.9 Å². The van der Waals surface area contributed by atoms with E-state index in [1.165, 1.54) is 11.0 Å². The highest BCUT2D eigenvalue weighted by molar-refractivity contribution is 5.78. The summed E-state index contributed by atoms with van der Waals surface area (Å²) in [6.45, 7) is 3.28. The molecule has 0 spiro atoms. The van der Waals surface area contributed by atoms with Crippen LogP contribution in [0.2, 0.25) is 0 Å². The van der Waals surface area contributed by atoms with Crippen LogP contribution in [-0.4, -0.2) is 53.5 Å². The highest BCUT2D eigenvalue weighted by Crippen LogP contribution is 2.30. The molecule has 1 rings (SSSR count). The number of rotatable bonds is 4. The van der Waals surface area contributed by atoms with Crippen molar-refractivity contribution in [1.29, 1.82) is 0 Å². The predicted molar refractivity (Wildman–Crippen MR) is 54.9 cm³/mol. The number of aliphatic hydroxyl groups is 1. The summed E-state index contributed by atoms with van der Waals surface area (Å²) in [5.74, 6) is -1.09. The first-order valence-corrected chi connectivity index (χ1v) is 4.92. The number of aliphatic hydroxyl groups excluding tert-OH is 1. The number of carboxylic acid groups (broad SMARTS) is 1. The molecule has 2 N–H and O–H groups in total. The third-order valence-electron chi connectivity index (χ3n) is 2.69. The van der Waals surface area contributed by atoms with Crippen LogP contribution in [0.15, 0.2) is 12.7 Å². The fraction of sp³-hybridized carbons (Fsp3) is 0.600. The van der Waals surface area contributed by atoms with E-state index < -0.39 is 24.1 Å². The Hall–Kier alpha value is -1.56. The Bertz CT molecular complexity index is 304. The Balaban J connectivity index is 2.60. The monoisotopic (exact) mass is 229 g/mol. The quantitative estimate of drug-likeness (QED) is 0.666. The summed E-state index contributed by atoms with van der Waals surface area (Å²) in [7, 11) is 0.